The number of aliphatic hydroxyl groups is 1. The molecule has 1 atom stereocenters. The molecule has 1 unspecified atom stereocenters. The summed E-state index contributed by atoms with van der Waals surface area (Å²) in [6.07, 6.45) is -5.27. The number of rotatable bonds is 9. The number of ether oxygens (including phenoxy) is 1. The van der Waals surface area contributed by atoms with E-state index >= 15 is 0 Å². The van der Waals surface area contributed by atoms with Crippen LogP contribution in [0.4, 0.5) is 13.2 Å². The maximum Gasteiger partial charge on any atom is 0.416 e. The van der Waals surface area contributed by atoms with Gasteiger partial charge in [-0.25, -0.2) is 0 Å². The monoisotopic (exact) mass is 454 g/mol. The number of alkyl halides is 3. The van der Waals surface area contributed by atoms with Crippen LogP contribution in [0.1, 0.15) is 27.8 Å². The zero-order valence-corrected chi connectivity index (χ0v) is 18.2. The second-order valence-corrected chi connectivity index (χ2v) is 7.90. The first kappa shape index (κ1) is 24.3. The van der Waals surface area contributed by atoms with Gasteiger partial charge in [0.2, 0.25) is 0 Å². The third-order valence-electron chi connectivity index (χ3n) is 5.21. The SMILES string of the molecule is Cc1ccccc1CN(Cc1cccc(C#N)c1)CC(O)COc1ccc(C(F)(F)F)cc1. The average molecular weight is 454 g/mol. The van der Waals surface area contributed by atoms with E-state index in [1.807, 2.05) is 49.4 Å². The molecule has 0 bridgehead atoms. The molecule has 3 rings (SSSR count). The van der Waals surface area contributed by atoms with E-state index < -0.39 is 17.8 Å². The molecular formula is C26H25F3N2O2. The quantitative estimate of drug-likeness (QED) is 0.475. The highest BCUT2D eigenvalue weighted by Gasteiger charge is 2.30. The molecule has 3 aromatic rings. The fourth-order valence-corrected chi connectivity index (χ4v) is 3.49. The molecule has 172 valence electrons. The Morgan fingerprint density at radius 2 is 1.73 bits per heavy atom. The third-order valence-corrected chi connectivity index (χ3v) is 5.21. The minimum Gasteiger partial charge on any atom is -0.491 e. The van der Waals surface area contributed by atoms with Crippen LogP contribution < -0.4 is 4.74 Å². The van der Waals surface area contributed by atoms with E-state index in [0.717, 1.165) is 28.8 Å². The number of benzene rings is 3. The molecule has 0 aliphatic carbocycles. The molecule has 0 amide bonds. The first-order valence-electron chi connectivity index (χ1n) is 10.5. The van der Waals surface area contributed by atoms with Gasteiger partial charge in [0.05, 0.1) is 17.2 Å². The largest absolute Gasteiger partial charge is 0.491 e. The Morgan fingerprint density at radius 3 is 2.39 bits per heavy atom. The number of nitrogens with zero attached hydrogens (tertiary/aromatic N) is 2. The van der Waals surface area contributed by atoms with E-state index in [1.165, 1.54) is 12.1 Å². The number of halogens is 3. The standard InChI is InChI=1S/C26H25F3N2O2/c1-19-5-2-3-8-22(19)16-31(15-21-7-4-6-20(13-21)14-30)17-24(32)18-33-25-11-9-23(10-12-25)26(27,28)29/h2-13,24,32H,15-18H2,1H3. The zero-order valence-electron chi connectivity index (χ0n) is 18.2. The minimum atomic E-state index is -4.41. The van der Waals surface area contributed by atoms with Gasteiger partial charge in [0.15, 0.2) is 0 Å². The summed E-state index contributed by atoms with van der Waals surface area (Å²) in [5.41, 5.74) is 3.00. The highest BCUT2D eigenvalue weighted by Crippen LogP contribution is 2.30. The van der Waals surface area contributed by atoms with Crippen molar-refractivity contribution in [1.82, 2.24) is 4.90 Å². The van der Waals surface area contributed by atoms with E-state index in [4.69, 9.17) is 4.74 Å². The predicted octanol–water partition coefficient (Wildman–Crippen LogP) is 5.33. The minimum absolute atomic E-state index is 0.0616. The molecule has 0 aliphatic heterocycles. The number of hydrogen-bond donors (Lipinski definition) is 1. The van der Waals surface area contributed by atoms with E-state index in [1.54, 1.807) is 6.07 Å². The van der Waals surface area contributed by atoms with E-state index in [9.17, 15) is 23.5 Å². The molecule has 0 aromatic heterocycles. The molecule has 0 aliphatic rings. The van der Waals surface area contributed by atoms with Crippen molar-refractivity contribution in [2.24, 2.45) is 0 Å². The summed E-state index contributed by atoms with van der Waals surface area (Å²) in [4.78, 5) is 2.06. The van der Waals surface area contributed by atoms with Crippen LogP contribution in [0.2, 0.25) is 0 Å². The molecule has 0 heterocycles. The summed E-state index contributed by atoms with van der Waals surface area (Å²) in [5.74, 6) is 0.259. The van der Waals surface area contributed by atoms with Crippen molar-refractivity contribution in [3.63, 3.8) is 0 Å². The number of aliphatic hydroxyl groups excluding tert-OH is 1. The highest BCUT2D eigenvalue weighted by molar-refractivity contribution is 5.33. The molecule has 1 N–H and O–H groups in total. The van der Waals surface area contributed by atoms with Crippen molar-refractivity contribution < 1.29 is 23.0 Å². The van der Waals surface area contributed by atoms with Crippen LogP contribution in [-0.4, -0.2) is 29.3 Å². The molecule has 0 saturated heterocycles. The summed E-state index contributed by atoms with van der Waals surface area (Å²) in [6.45, 7) is 3.34. The second kappa shape index (κ2) is 11.0. The summed E-state index contributed by atoms with van der Waals surface area (Å²) in [5, 5.41) is 19.8. The lowest BCUT2D eigenvalue weighted by molar-refractivity contribution is -0.137. The molecule has 7 heteroatoms. The van der Waals surface area contributed by atoms with Gasteiger partial charge in [-0.1, -0.05) is 36.4 Å². The van der Waals surface area contributed by atoms with Gasteiger partial charge in [0.25, 0.3) is 0 Å². The first-order valence-corrected chi connectivity index (χ1v) is 10.5. The van der Waals surface area contributed by atoms with Gasteiger partial charge < -0.3 is 9.84 Å². The Hall–Kier alpha value is -3.34. The maximum atomic E-state index is 12.7. The Balaban J connectivity index is 1.66. The first-order chi connectivity index (χ1) is 15.7. The predicted molar refractivity (Wildman–Crippen MR) is 119 cm³/mol. The molecule has 4 nitrogen and oxygen atoms in total. The fraction of sp³-hybridized carbons (Fsp3) is 0.269. The lowest BCUT2D eigenvalue weighted by Crippen LogP contribution is -2.35. The van der Waals surface area contributed by atoms with Crippen molar-refractivity contribution in [2.45, 2.75) is 32.3 Å². The number of nitriles is 1. The Morgan fingerprint density at radius 1 is 1.00 bits per heavy atom. The van der Waals surface area contributed by atoms with Crippen molar-refractivity contribution in [1.29, 1.82) is 5.26 Å². The molecule has 0 spiro atoms. The summed E-state index contributed by atoms with van der Waals surface area (Å²) in [6, 6.07) is 21.8. The highest BCUT2D eigenvalue weighted by atomic mass is 19.4. The Kier molecular flexibility index (Phi) is 8.10. The molecular weight excluding hydrogens is 429 g/mol. The van der Waals surface area contributed by atoms with Crippen molar-refractivity contribution >= 4 is 0 Å². The van der Waals surface area contributed by atoms with Crippen LogP contribution in [0.3, 0.4) is 0 Å². The number of aryl methyl sites for hydroxylation is 1. The topological polar surface area (TPSA) is 56.5 Å². The molecule has 0 fully saturated rings. The van der Waals surface area contributed by atoms with Gasteiger partial charge in [-0.3, -0.25) is 4.90 Å². The van der Waals surface area contributed by atoms with E-state index in [-0.39, 0.29) is 18.9 Å². The maximum absolute atomic E-state index is 12.7. The normalized spacial score (nSPS) is 12.4. The van der Waals surface area contributed by atoms with Gasteiger partial charge in [-0.2, -0.15) is 18.4 Å². The third kappa shape index (κ3) is 7.35. The van der Waals surface area contributed by atoms with Gasteiger partial charge in [0.1, 0.15) is 18.5 Å². The summed E-state index contributed by atoms with van der Waals surface area (Å²) in [7, 11) is 0. The fourth-order valence-electron chi connectivity index (χ4n) is 3.49. The summed E-state index contributed by atoms with van der Waals surface area (Å²) >= 11 is 0. The average Bonchev–Trinajstić information content (AvgIpc) is 2.79. The van der Waals surface area contributed by atoms with Crippen LogP contribution in [0.25, 0.3) is 0 Å². The van der Waals surface area contributed by atoms with Gasteiger partial charge >= 0.3 is 6.18 Å². The molecule has 0 saturated carbocycles. The van der Waals surface area contributed by atoms with Crippen molar-refractivity contribution in [3.8, 4) is 11.8 Å². The van der Waals surface area contributed by atoms with E-state index in [0.29, 0.717) is 18.7 Å². The smallest absolute Gasteiger partial charge is 0.416 e. The van der Waals surface area contributed by atoms with Gasteiger partial charge in [-0.15, -0.1) is 0 Å². The van der Waals surface area contributed by atoms with Crippen LogP contribution in [0.15, 0.2) is 72.8 Å². The lowest BCUT2D eigenvalue weighted by atomic mass is 10.1. The summed E-state index contributed by atoms with van der Waals surface area (Å²) < 4.78 is 43.6. The van der Waals surface area contributed by atoms with Crippen LogP contribution in [0, 0.1) is 18.3 Å². The van der Waals surface area contributed by atoms with E-state index in [2.05, 4.69) is 11.0 Å². The zero-order chi connectivity index (χ0) is 23.8. The molecule has 3 aromatic carbocycles. The Bertz CT molecular complexity index is 1090. The van der Waals surface area contributed by atoms with Crippen LogP contribution in [0.5, 0.6) is 5.75 Å². The molecule has 33 heavy (non-hydrogen) atoms. The second-order valence-electron chi connectivity index (χ2n) is 7.90. The van der Waals surface area contributed by atoms with Crippen molar-refractivity contribution in [2.75, 3.05) is 13.2 Å². The Labute approximate surface area is 191 Å². The van der Waals surface area contributed by atoms with Gasteiger partial charge in [-0.05, 0) is 60.0 Å². The van der Waals surface area contributed by atoms with Crippen molar-refractivity contribution in [3.05, 3.63) is 101 Å². The van der Waals surface area contributed by atoms with Crippen LogP contribution >= 0.6 is 0 Å². The molecule has 0 radical (unpaired) electrons. The van der Waals surface area contributed by atoms with Gasteiger partial charge in [0, 0.05) is 19.6 Å². The van der Waals surface area contributed by atoms with Crippen LogP contribution in [-0.2, 0) is 19.3 Å². The number of hydrogen-bond acceptors (Lipinski definition) is 4. The lowest BCUT2D eigenvalue weighted by Gasteiger charge is -2.26.